The predicted octanol–water partition coefficient (Wildman–Crippen LogP) is 1.82. The average molecular weight is 206 g/mol. The quantitative estimate of drug-likeness (QED) is 0.723. The highest BCUT2D eigenvalue weighted by Crippen LogP contribution is 2.29. The molecule has 2 aromatic rings. The van der Waals surface area contributed by atoms with Crippen molar-refractivity contribution < 1.29 is 14.3 Å². The zero-order valence-corrected chi connectivity index (χ0v) is 8.40. The molecule has 1 aromatic heterocycles. The van der Waals surface area contributed by atoms with Crippen molar-refractivity contribution in [1.82, 2.24) is 0 Å². The summed E-state index contributed by atoms with van der Waals surface area (Å²) in [4.78, 5) is 11.0. The molecule has 0 aliphatic heterocycles. The largest absolute Gasteiger partial charge is 0.507 e. The summed E-state index contributed by atoms with van der Waals surface area (Å²) in [6.07, 6.45) is 0. The maximum atomic E-state index is 11.0. The summed E-state index contributed by atoms with van der Waals surface area (Å²) < 4.78 is 10.0. The SMILES string of the molecule is COc1cc2oc(=O)cc(O)c2cc1C. The number of rotatable bonds is 1. The van der Waals surface area contributed by atoms with Crippen LogP contribution >= 0.6 is 0 Å². The second-order valence-electron chi connectivity index (χ2n) is 3.27. The zero-order valence-electron chi connectivity index (χ0n) is 8.40. The number of aryl methyl sites for hydroxylation is 1. The molecule has 0 saturated heterocycles. The Kier molecular flexibility index (Phi) is 2.11. The van der Waals surface area contributed by atoms with Gasteiger partial charge in [0.25, 0.3) is 0 Å². The molecule has 0 atom stereocenters. The van der Waals surface area contributed by atoms with E-state index in [1.54, 1.807) is 12.1 Å². The molecule has 0 aliphatic rings. The van der Waals surface area contributed by atoms with E-state index in [2.05, 4.69) is 0 Å². The van der Waals surface area contributed by atoms with Crippen LogP contribution in [0.5, 0.6) is 11.5 Å². The molecular formula is C11H10O4. The highest BCUT2D eigenvalue weighted by molar-refractivity contribution is 5.85. The van der Waals surface area contributed by atoms with Crippen molar-refractivity contribution in [2.45, 2.75) is 6.92 Å². The Morgan fingerprint density at radius 3 is 2.73 bits per heavy atom. The smallest absolute Gasteiger partial charge is 0.339 e. The Labute approximate surface area is 85.7 Å². The van der Waals surface area contributed by atoms with Gasteiger partial charge in [0.15, 0.2) is 0 Å². The van der Waals surface area contributed by atoms with Crippen molar-refractivity contribution in [2.24, 2.45) is 0 Å². The first-order chi connectivity index (χ1) is 7.11. The van der Waals surface area contributed by atoms with Gasteiger partial charge < -0.3 is 14.3 Å². The lowest BCUT2D eigenvalue weighted by molar-refractivity contribution is 0.410. The number of hydrogen-bond acceptors (Lipinski definition) is 4. The fraction of sp³-hybridized carbons (Fsp3) is 0.182. The van der Waals surface area contributed by atoms with Gasteiger partial charge in [-0.05, 0) is 18.6 Å². The van der Waals surface area contributed by atoms with Gasteiger partial charge >= 0.3 is 5.63 Å². The molecule has 0 spiro atoms. The van der Waals surface area contributed by atoms with Crippen molar-refractivity contribution in [2.75, 3.05) is 7.11 Å². The molecule has 0 fully saturated rings. The predicted molar refractivity (Wildman–Crippen MR) is 55.4 cm³/mol. The van der Waals surface area contributed by atoms with E-state index in [0.29, 0.717) is 16.7 Å². The molecular weight excluding hydrogens is 196 g/mol. The zero-order chi connectivity index (χ0) is 11.0. The van der Waals surface area contributed by atoms with Crippen LogP contribution in [-0.2, 0) is 0 Å². The lowest BCUT2D eigenvalue weighted by Crippen LogP contribution is -1.96. The van der Waals surface area contributed by atoms with Gasteiger partial charge in [-0.1, -0.05) is 0 Å². The first-order valence-electron chi connectivity index (χ1n) is 4.43. The van der Waals surface area contributed by atoms with Gasteiger partial charge in [0, 0.05) is 6.07 Å². The third-order valence-electron chi connectivity index (χ3n) is 2.24. The Morgan fingerprint density at radius 1 is 1.33 bits per heavy atom. The minimum atomic E-state index is -0.578. The first kappa shape index (κ1) is 9.58. The van der Waals surface area contributed by atoms with E-state index < -0.39 is 5.63 Å². The molecule has 0 amide bonds. The maximum absolute atomic E-state index is 11.0. The summed E-state index contributed by atoms with van der Waals surface area (Å²) in [6.45, 7) is 1.85. The van der Waals surface area contributed by atoms with Crippen LogP contribution in [0.1, 0.15) is 5.56 Å². The van der Waals surface area contributed by atoms with E-state index in [4.69, 9.17) is 9.15 Å². The van der Waals surface area contributed by atoms with Gasteiger partial charge in [-0.3, -0.25) is 0 Å². The van der Waals surface area contributed by atoms with Gasteiger partial charge in [-0.25, -0.2) is 4.79 Å². The topological polar surface area (TPSA) is 59.7 Å². The Morgan fingerprint density at radius 2 is 2.07 bits per heavy atom. The summed E-state index contributed by atoms with van der Waals surface area (Å²) in [6, 6.07) is 4.35. The van der Waals surface area contributed by atoms with E-state index in [1.165, 1.54) is 7.11 Å². The second-order valence-corrected chi connectivity index (χ2v) is 3.27. The van der Waals surface area contributed by atoms with Crippen molar-refractivity contribution in [3.63, 3.8) is 0 Å². The molecule has 1 aromatic carbocycles. The second kappa shape index (κ2) is 3.31. The van der Waals surface area contributed by atoms with Gasteiger partial charge in [-0.2, -0.15) is 0 Å². The highest BCUT2D eigenvalue weighted by Gasteiger charge is 2.08. The van der Waals surface area contributed by atoms with E-state index in [1.807, 2.05) is 6.92 Å². The monoisotopic (exact) mass is 206 g/mol. The molecule has 0 radical (unpaired) electrons. The molecule has 78 valence electrons. The third kappa shape index (κ3) is 1.54. The first-order valence-corrected chi connectivity index (χ1v) is 4.43. The third-order valence-corrected chi connectivity index (χ3v) is 2.24. The van der Waals surface area contributed by atoms with Crippen LogP contribution < -0.4 is 10.4 Å². The minimum absolute atomic E-state index is 0.0768. The lowest BCUT2D eigenvalue weighted by Gasteiger charge is -2.06. The van der Waals surface area contributed by atoms with Crippen molar-refractivity contribution in [3.8, 4) is 11.5 Å². The molecule has 15 heavy (non-hydrogen) atoms. The molecule has 0 bridgehead atoms. The number of aromatic hydroxyl groups is 1. The van der Waals surface area contributed by atoms with Crippen LogP contribution in [0.2, 0.25) is 0 Å². The van der Waals surface area contributed by atoms with Gasteiger partial charge in [0.2, 0.25) is 0 Å². The van der Waals surface area contributed by atoms with Crippen LogP contribution in [0.3, 0.4) is 0 Å². The van der Waals surface area contributed by atoms with Crippen LogP contribution in [-0.4, -0.2) is 12.2 Å². The molecule has 0 aliphatic carbocycles. The fourth-order valence-electron chi connectivity index (χ4n) is 1.50. The van der Waals surface area contributed by atoms with Gasteiger partial charge in [-0.15, -0.1) is 0 Å². The van der Waals surface area contributed by atoms with E-state index in [0.717, 1.165) is 11.6 Å². The van der Waals surface area contributed by atoms with E-state index in [9.17, 15) is 9.90 Å². The molecule has 2 rings (SSSR count). The van der Waals surface area contributed by atoms with E-state index in [-0.39, 0.29) is 5.75 Å². The summed E-state index contributed by atoms with van der Waals surface area (Å²) >= 11 is 0. The van der Waals surface area contributed by atoms with E-state index >= 15 is 0 Å². The number of benzene rings is 1. The standard InChI is InChI=1S/C11H10O4/c1-6-3-7-8(12)4-11(13)15-10(7)5-9(6)14-2/h3-5,12H,1-2H3. The number of fused-ring (bicyclic) bond motifs is 1. The van der Waals surface area contributed by atoms with Crippen LogP contribution in [0, 0.1) is 6.92 Å². The summed E-state index contributed by atoms with van der Waals surface area (Å²) in [5.41, 5.74) is 0.613. The van der Waals surface area contributed by atoms with Crippen LogP contribution in [0.25, 0.3) is 11.0 Å². The van der Waals surface area contributed by atoms with Crippen molar-refractivity contribution in [1.29, 1.82) is 0 Å². The van der Waals surface area contributed by atoms with Crippen molar-refractivity contribution >= 4 is 11.0 Å². The molecule has 0 saturated carbocycles. The van der Waals surface area contributed by atoms with Gasteiger partial charge in [0.05, 0.1) is 18.6 Å². The van der Waals surface area contributed by atoms with Crippen LogP contribution in [0.15, 0.2) is 27.4 Å². The van der Waals surface area contributed by atoms with Gasteiger partial charge in [0.1, 0.15) is 17.1 Å². The fourth-order valence-corrected chi connectivity index (χ4v) is 1.50. The molecule has 4 heteroatoms. The molecule has 0 unspecified atom stereocenters. The lowest BCUT2D eigenvalue weighted by atomic mass is 10.1. The molecule has 4 nitrogen and oxygen atoms in total. The number of ether oxygens (including phenoxy) is 1. The Hall–Kier alpha value is -1.97. The maximum Gasteiger partial charge on any atom is 0.339 e. The summed E-state index contributed by atoms with van der Waals surface area (Å²) in [5.74, 6) is 0.545. The average Bonchev–Trinajstić information content (AvgIpc) is 2.18. The highest BCUT2D eigenvalue weighted by atomic mass is 16.5. The molecule has 1 N–H and O–H groups in total. The normalized spacial score (nSPS) is 10.5. The number of hydrogen-bond donors (Lipinski definition) is 1. The van der Waals surface area contributed by atoms with Crippen LogP contribution in [0.4, 0.5) is 0 Å². The van der Waals surface area contributed by atoms with Crippen molar-refractivity contribution in [3.05, 3.63) is 34.2 Å². The minimum Gasteiger partial charge on any atom is -0.507 e. The summed E-state index contributed by atoms with van der Waals surface area (Å²) in [7, 11) is 1.54. The Bertz CT molecular complexity index is 569. The summed E-state index contributed by atoms with van der Waals surface area (Å²) in [5, 5.41) is 10.0. The number of methoxy groups -OCH3 is 1. The molecule has 1 heterocycles. The Balaban J connectivity index is 2.87.